The fraction of sp³-hybridized carbons (Fsp3) is 0.333. The van der Waals surface area contributed by atoms with Gasteiger partial charge in [-0.2, -0.15) is 0 Å². The van der Waals surface area contributed by atoms with Crippen molar-refractivity contribution in [2.45, 2.75) is 12.8 Å². The second-order valence-corrected chi connectivity index (χ2v) is 7.54. The number of ketones is 1. The predicted molar refractivity (Wildman–Crippen MR) is 77.5 cm³/mol. The summed E-state index contributed by atoms with van der Waals surface area (Å²) in [6, 6.07) is 9.45. The van der Waals surface area contributed by atoms with Crippen molar-refractivity contribution in [2.75, 3.05) is 11.5 Å². The van der Waals surface area contributed by atoms with E-state index in [4.69, 9.17) is 0 Å². The summed E-state index contributed by atoms with van der Waals surface area (Å²) in [7, 11) is -2.93. The Morgan fingerprint density at radius 2 is 2.10 bits per heavy atom. The Morgan fingerprint density at radius 3 is 2.85 bits per heavy atom. The first-order valence-corrected chi connectivity index (χ1v) is 8.44. The number of carbonyl (C=O) groups excluding carboxylic acids is 1. The van der Waals surface area contributed by atoms with E-state index in [-0.39, 0.29) is 23.2 Å². The number of pyridine rings is 1. The molecule has 1 aliphatic heterocycles. The SMILES string of the molecule is O=C(CC1CCS(=O)(=O)C1)c1cnc2ccccc2c1. The molecule has 0 amide bonds. The lowest BCUT2D eigenvalue weighted by molar-refractivity contribution is 0.0965. The zero-order valence-corrected chi connectivity index (χ0v) is 11.8. The van der Waals surface area contributed by atoms with E-state index in [9.17, 15) is 13.2 Å². The highest BCUT2D eigenvalue weighted by molar-refractivity contribution is 7.91. The maximum atomic E-state index is 12.2. The molecule has 3 rings (SSSR count). The summed E-state index contributed by atoms with van der Waals surface area (Å²) >= 11 is 0. The number of nitrogens with zero attached hydrogens (tertiary/aromatic N) is 1. The van der Waals surface area contributed by atoms with Crippen LogP contribution in [0.2, 0.25) is 0 Å². The van der Waals surface area contributed by atoms with Gasteiger partial charge in [0.05, 0.1) is 17.0 Å². The van der Waals surface area contributed by atoms with E-state index in [1.807, 2.05) is 30.3 Å². The molecule has 0 saturated carbocycles. The molecule has 1 fully saturated rings. The molecule has 1 atom stereocenters. The number of aromatic nitrogens is 1. The highest BCUT2D eigenvalue weighted by atomic mass is 32.2. The number of Topliss-reactive ketones (excluding diaryl/α,β-unsaturated/α-hetero) is 1. The number of fused-ring (bicyclic) bond motifs is 1. The molecule has 104 valence electrons. The van der Waals surface area contributed by atoms with Crippen molar-refractivity contribution in [1.82, 2.24) is 4.98 Å². The van der Waals surface area contributed by atoms with Gasteiger partial charge in [-0.3, -0.25) is 9.78 Å². The summed E-state index contributed by atoms with van der Waals surface area (Å²) in [5, 5.41) is 0.928. The minimum atomic E-state index is -2.93. The Labute approximate surface area is 117 Å². The third kappa shape index (κ3) is 2.72. The molecule has 2 heterocycles. The predicted octanol–water partition coefficient (Wildman–Crippen LogP) is 2.24. The van der Waals surface area contributed by atoms with E-state index in [0.717, 1.165) is 10.9 Å². The summed E-state index contributed by atoms with van der Waals surface area (Å²) in [5.41, 5.74) is 1.42. The van der Waals surface area contributed by atoms with Crippen LogP contribution in [-0.2, 0) is 9.84 Å². The van der Waals surface area contributed by atoms with E-state index in [1.54, 1.807) is 6.20 Å². The van der Waals surface area contributed by atoms with Gasteiger partial charge in [0.2, 0.25) is 0 Å². The fourth-order valence-electron chi connectivity index (χ4n) is 2.64. The zero-order chi connectivity index (χ0) is 14.2. The lowest BCUT2D eigenvalue weighted by Gasteiger charge is -2.07. The Hall–Kier alpha value is -1.75. The van der Waals surface area contributed by atoms with E-state index >= 15 is 0 Å². The van der Waals surface area contributed by atoms with Crippen LogP contribution in [0.15, 0.2) is 36.5 Å². The Bertz CT molecular complexity index is 768. The molecule has 1 unspecified atom stereocenters. The summed E-state index contributed by atoms with van der Waals surface area (Å²) in [4.78, 5) is 16.5. The standard InChI is InChI=1S/C15H15NO3S/c17-15(7-11-5-6-20(18,19)10-11)13-8-12-3-1-2-4-14(12)16-9-13/h1-4,8-9,11H,5-7,10H2. The average Bonchev–Trinajstić information content (AvgIpc) is 2.77. The molecule has 1 aromatic carbocycles. The van der Waals surface area contributed by atoms with Crippen LogP contribution in [0, 0.1) is 5.92 Å². The second kappa shape index (κ2) is 4.98. The molecule has 0 radical (unpaired) electrons. The van der Waals surface area contributed by atoms with Gasteiger partial charge in [-0.15, -0.1) is 0 Å². The van der Waals surface area contributed by atoms with Crippen molar-refractivity contribution in [3.8, 4) is 0 Å². The summed E-state index contributed by atoms with van der Waals surface area (Å²) in [6.45, 7) is 0. The second-order valence-electron chi connectivity index (χ2n) is 5.31. The number of para-hydroxylation sites is 1. The number of carbonyl (C=O) groups is 1. The van der Waals surface area contributed by atoms with Crippen molar-refractivity contribution in [2.24, 2.45) is 5.92 Å². The van der Waals surface area contributed by atoms with E-state index < -0.39 is 9.84 Å². The molecule has 20 heavy (non-hydrogen) atoms. The molecule has 0 N–H and O–H groups in total. The molecule has 1 saturated heterocycles. The van der Waals surface area contributed by atoms with Crippen LogP contribution in [-0.4, -0.2) is 30.7 Å². The molecule has 0 aliphatic carbocycles. The average molecular weight is 289 g/mol. The summed E-state index contributed by atoms with van der Waals surface area (Å²) < 4.78 is 22.8. The molecular weight excluding hydrogens is 274 g/mol. The fourth-order valence-corrected chi connectivity index (χ4v) is 4.50. The minimum absolute atomic E-state index is 0.0228. The van der Waals surface area contributed by atoms with Crippen molar-refractivity contribution >= 4 is 26.5 Å². The van der Waals surface area contributed by atoms with Crippen LogP contribution in [0.5, 0.6) is 0 Å². The molecule has 2 aromatic rings. The van der Waals surface area contributed by atoms with Crippen molar-refractivity contribution < 1.29 is 13.2 Å². The van der Waals surface area contributed by atoms with E-state index in [1.165, 1.54) is 0 Å². The quantitative estimate of drug-likeness (QED) is 0.813. The van der Waals surface area contributed by atoms with Crippen LogP contribution in [0.3, 0.4) is 0 Å². The molecule has 4 nitrogen and oxygen atoms in total. The molecule has 0 spiro atoms. The molecular formula is C15H15NO3S. The first-order valence-electron chi connectivity index (χ1n) is 6.62. The smallest absolute Gasteiger partial charge is 0.164 e. The highest BCUT2D eigenvalue weighted by Gasteiger charge is 2.29. The third-order valence-corrected chi connectivity index (χ3v) is 5.55. The number of hydrogen-bond acceptors (Lipinski definition) is 4. The number of benzene rings is 1. The molecule has 1 aromatic heterocycles. The van der Waals surface area contributed by atoms with Crippen LogP contribution in [0.25, 0.3) is 10.9 Å². The maximum absolute atomic E-state index is 12.2. The van der Waals surface area contributed by atoms with Crippen LogP contribution < -0.4 is 0 Å². The van der Waals surface area contributed by atoms with Gasteiger partial charge in [-0.1, -0.05) is 18.2 Å². The Kier molecular flexibility index (Phi) is 3.30. The van der Waals surface area contributed by atoms with Crippen LogP contribution in [0.4, 0.5) is 0 Å². The lowest BCUT2D eigenvalue weighted by Crippen LogP contribution is -2.11. The van der Waals surface area contributed by atoms with Gasteiger partial charge < -0.3 is 0 Å². The maximum Gasteiger partial charge on any atom is 0.164 e. The Morgan fingerprint density at radius 1 is 1.30 bits per heavy atom. The van der Waals surface area contributed by atoms with Crippen molar-refractivity contribution in [3.05, 3.63) is 42.1 Å². The lowest BCUT2D eigenvalue weighted by atomic mass is 9.98. The minimum Gasteiger partial charge on any atom is -0.294 e. The summed E-state index contributed by atoms with van der Waals surface area (Å²) in [5.74, 6) is 0.282. The van der Waals surface area contributed by atoms with Gasteiger partial charge in [0.15, 0.2) is 15.6 Å². The van der Waals surface area contributed by atoms with E-state index in [2.05, 4.69) is 4.98 Å². The van der Waals surface area contributed by atoms with Crippen molar-refractivity contribution in [1.29, 1.82) is 0 Å². The van der Waals surface area contributed by atoms with Gasteiger partial charge in [0, 0.05) is 23.6 Å². The summed E-state index contributed by atoms with van der Waals surface area (Å²) in [6.07, 6.45) is 2.46. The largest absolute Gasteiger partial charge is 0.294 e. The normalized spacial score (nSPS) is 21.1. The monoisotopic (exact) mass is 289 g/mol. The third-order valence-electron chi connectivity index (χ3n) is 3.71. The highest BCUT2D eigenvalue weighted by Crippen LogP contribution is 2.24. The van der Waals surface area contributed by atoms with Gasteiger partial charge in [0.25, 0.3) is 0 Å². The van der Waals surface area contributed by atoms with Gasteiger partial charge in [-0.25, -0.2) is 8.42 Å². The molecule has 0 bridgehead atoms. The van der Waals surface area contributed by atoms with Crippen LogP contribution in [0.1, 0.15) is 23.2 Å². The van der Waals surface area contributed by atoms with Gasteiger partial charge in [-0.05, 0) is 24.5 Å². The topological polar surface area (TPSA) is 64.1 Å². The van der Waals surface area contributed by atoms with Gasteiger partial charge in [0.1, 0.15) is 0 Å². The van der Waals surface area contributed by atoms with Crippen LogP contribution >= 0.6 is 0 Å². The van der Waals surface area contributed by atoms with Gasteiger partial charge >= 0.3 is 0 Å². The number of hydrogen-bond donors (Lipinski definition) is 0. The number of sulfone groups is 1. The first kappa shape index (κ1) is 13.2. The number of rotatable bonds is 3. The first-order chi connectivity index (χ1) is 9.53. The Balaban J connectivity index is 1.79. The zero-order valence-electron chi connectivity index (χ0n) is 11.0. The molecule has 1 aliphatic rings. The van der Waals surface area contributed by atoms with E-state index in [0.29, 0.717) is 18.4 Å². The molecule has 5 heteroatoms. The van der Waals surface area contributed by atoms with Crippen molar-refractivity contribution in [3.63, 3.8) is 0 Å².